The quantitative estimate of drug-likeness (QED) is 0.179. The van der Waals surface area contributed by atoms with Crippen molar-refractivity contribution < 1.29 is 42.8 Å². The van der Waals surface area contributed by atoms with Crippen molar-refractivity contribution >= 4 is 21.3 Å². The minimum Gasteiger partial charge on any atom is -0.481 e. The topological polar surface area (TPSA) is 110 Å². The van der Waals surface area contributed by atoms with E-state index < -0.39 is 61.5 Å². The lowest BCUT2D eigenvalue weighted by molar-refractivity contribution is -0.492. The number of aliphatic carboxylic acids is 1. The van der Waals surface area contributed by atoms with Crippen LogP contribution >= 0.6 is 0 Å². The summed E-state index contributed by atoms with van der Waals surface area (Å²) in [6, 6.07) is 0. The summed E-state index contributed by atoms with van der Waals surface area (Å²) in [6.45, 7) is 20.9. The fraction of sp³-hybridized carbons (Fsp3) is 0.886. The minimum absolute atomic E-state index is 0.0136. The number of ether oxygens (including phenoxy) is 5. The maximum atomic E-state index is 14.0. The van der Waals surface area contributed by atoms with Crippen LogP contribution in [-0.2, 0) is 37.7 Å². The van der Waals surface area contributed by atoms with E-state index in [1.54, 1.807) is 0 Å². The van der Waals surface area contributed by atoms with E-state index in [1.165, 1.54) is 0 Å². The highest BCUT2D eigenvalue weighted by Crippen LogP contribution is 2.83. The average molecular weight is 646 g/mol. The third-order valence-corrected chi connectivity index (χ3v) is 13.6. The lowest BCUT2D eigenvalue weighted by Crippen LogP contribution is -2.66. The molecule has 1 radical (unpaired) electrons. The van der Waals surface area contributed by atoms with Crippen LogP contribution < -0.4 is 0 Å². The molecule has 8 rings (SSSR count). The molecule has 8 bridgehead atoms. The number of allylic oxidation sites excluding steroid dienone is 1. The van der Waals surface area contributed by atoms with Gasteiger partial charge in [-0.25, -0.2) is 0 Å². The lowest BCUT2D eigenvalue weighted by Gasteiger charge is -2.59. The Kier molecular flexibility index (Phi) is 7.17. The van der Waals surface area contributed by atoms with E-state index in [0.717, 1.165) is 24.7 Å². The van der Waals surface area contributed by atoms with Gasteiger partial charge in [-0.1, -0.05) is 59.6 Å². The Bertz CT molecular complexity index is 1290. The van der Waals surface area contributed by atoms with Crippen LogP contribution in [0.1, 0.15) is 81.1 Å². The van der Waals surface area contributed by atoms with E-state index >= 15 is 0 Å². The van der Waals surface area contributed by atoms with Gasteiger partial charge in [-0.15, -0.1) is 0 Å². The highest BCUT2D eigenvalue weighted by molar-refractivity contribution is 6.48. The first-order valence-electron chi connectivity index (χ1n) is 17.2. The summed E-state index contributed by atoms with van der Waals surface area (Å²) in [6.07, 6.45) is 4.89. The van der Waals surface area contributed by atoms with E-state index in [0.29, 0.717) is 18.8 Å². The molecular weight excluding hydrogens is 592 g/mol. The number of carboxylic acids is 1. The van der Waals surface area contributed by atoms with E-state index in [4.69, 9.17) is 28.1 Å². The molecule has 8 aliphatic rings. The molecule has 0 aromatic heterocycles. The predicted octanol–water partition coefficient (Wildman–Crippen LogP) is 5.79. The molecule has 9 nitrogen and oxygen atoms in total. The van der Waals surface area contributed by atoms with Gasteiger partial charge < -0.3 is 33.3 Å². The Labute approximate surface area is 269 Å². The predicted molar refractivity (Wildman–Crippen MR) is 166 cm³/mol. The van der Waals surface area contributed by atoms with Crippen LogP contribution in [0.25, 0.3) is 0 Å². The molecule has 0 amide bonds. The number of carboxylic acid groups (broad SMARTS) is 1. The molecule has 13 unspecified atom stereocenters. The molecule has 0 aromatic carbocycles. The van der Waals surface area contributed by atoms with Crippen molar-refractivity contribution in [2.24, 2.45) is 57.2 Å². The zero-order valence-corrected chi connectivity index (χ0v) is 29.7. The summed E-state index contributed by atoms with van der Waals surface area (Å²) in [5.74, 6) is -3.62. The zero-order chi connectivity index (χ0) is 32.7. The van der Waals surface area contributed by atoms with E-state index in [2.05, 4.69) is 47.6 Å². The van der Waals surface area contributed by atoms with Crippen LogP contribution in [0.3, 0.4) is 0 Å². The van der Waals surface area contributed by atoms with Gasteiger partial charge in [-0.2, -0.15) is 0 Å². The molecule has 251 valence electrons. The first-order chi connectivity index (χ1) is 21.0. The van der Waals surface area contributed by atoms with E-state index in [-0.39, 0.29) is 47.7 Å². The van der Waals surface area contributed by atoms with Crippen LogP contribution in [0.2, 0.25) is 13.1 Å². The summed E-state index contributed by atoms with van der Waals surface area (Å²) >= 11 is 0. The van der Waals surface area contributed by atoms with Crippen LogP contribution in [0.5, 0.6) is 0 Å². The first kappa shape index (κ1) is 32.4. The summed E-state index contributed by atoms with van der Waals surface area (Å²) in [4.78, 5) is 27.5. The summed E-state index contributed by atoms with van der Waals surface area (Å²) in [7, 11) is -1.29. The van der Waals surface area contributed by atoms with Crippen molar-refractivity contribution in [3.05, 3.63) is 11.6 Å². The third-order valence-electron chi connectivity index (χ3n) is 12.9. The SMILES string of the molecule is CC(C)OC1C2OC3(O[Si](C)C)OC(OCC45CC6C(C)CCC6C6(C=O)CC4C=C(C(C)C)C65C(=O)O)(OC13)C2C(C)(C)C. The Balaban J connectivity index is 1.34. The molecule has 3 saturated carbocycles. The Morgan fingerprint density at radius 1 is 1.13 bits per heavy atom. The Morgan fingerprint density at radius 3 is 2.42 bits per heavy atom. The monoisotopic (exact) mass is 645 g/mol. The van der Waals surface area contributed by atoms with Crippen molar-refractivity contribution in [3.63, 3.8) is 0 Å². The number of aldehydes is 1. The van der Waals surface area contributed by atoms with Crippen LogP contribution in [0, 0.1) is 57.2 Å². The number of rotatable bonds is 10. The van der Waals surface area contributed by atoms with E-state index in [9.17, 15) is 14.7 Å². The molecule has 0 aromatic rings. The third kappa shape index (κ3) is 3.82. The van der Waals surface area contributed by atoms with Crippen molar-refractivity contribution in [2.45, 2.75) is 131 Å². The summed E-state index contributed by atoms with van der Waals surface area (Å²) in [5.41, 5.74) is -2.61. The number of carbonyl (C=O) groups is 2. The van der Waals surface area contributed by atoms with Crippen LogP contribution in [0.4, 0.5) is 0 Å². The number of fused-ring (bicyclic) bond motifs is 2. The number of hydrogen-bond acceptors (Lipinski definition) is 8. The van der Waals surface area contributed by atoms with Crippen molar-refractivity contribution in [2.75, 3.05) is 6.61 Å². The molecule has 0 spiro atoms. The second-order valence-corrected chi connectivity index (χ2v) is 19.2. The second kappa shape index (κ2) is 9.95. The molecule has 4 aliphatic carbocycles. The maximum absolute atomic E-state index is 14.0. The van der Waals surface area contributed by atoms with Crippen LogP contribution in [-0.4, -0.2) is 69.4 Å². The maximum Gasteiger partial charge on any atom is 0.315 e. The largest absolute Gasteiger partial charge is 0.481 e. The van der Waals surface area contributed by atoms with Crippen molar-refractivity contribution in [1.82, 2.24) is 0 Å². The smallest absolute Gasteiger partial charge is 0.315 e. The van der Waals surface area contributed by atoms with Gasteiger partial charge in [0.05, 0.1) is 24.0 Å². The van der Waals surface area contributed by atoms with Gasteiger partial charge in [0.2, 0.25) is 9.04 Å². The number of carbonyl (C=O) groups excluding carboxylic acids is 1. The standard InChI is InChI=1S/C35H53O9Si/c1-18(2)24-13-21-14-31(16-36)23-12-11-20(5)22(23)15-32(21,33(24,31)29(37)38)17-39-34-27(30(6,7)8)25-26(40-19(3)4)28(42-34)35(41-25,43-34)44-45(9)10/h13,16,18-23,25-28H,11-12,14-15,17H2,1-10H3,(H,37,38). The first-order valence-corrected chi connectivity index (χ1v) is 19.6. The van der Waals surface area contributed by atoms with Gasteiger partial charge in [-0.3, -0.25) is 9.53 Å². The Morgan fingerprint density at radius 2 is 1.84 bits per heavy atom. The summed E-state index contributed by atoms with van der Waals surface area (Å²) in [5, 5.41) is 11.4. The van der Waals surface area contributed by atoms with E-state index in [1.807, 2.05) is 26.9 Å². The molecule has 4 saturated heterocycles. The van der Waals surface area contributed by atoms with Gasteiger partial charge in [0.1, 0.15) is 23.9 Å². The number of hydrogen-bond donors (Lipinski definition) is 1. The molecule has 13 atom stereocenters. The molecule has 4 heterocycles. The lowest BCUT2D eigenvalue weighted by atomic mass is 9.43. The molecule has 1 N–H and O–H groups in total. The van der Waals surface area contributed by atoms with Gasteiger partial charge in [-0.05, 0) is 81.2 Å². The highest BCUT2D eigenvalue weighted by atomic mass is 28.3. The van der Waals surface area contributed by atoms with Crippen molar-refractivity contribution in [1.29, 1.82) is 0 Å². The molecule has 10 heteroatoms. The molecule has 45 heavy (non-hydrogen) atoms. The fourth-order valence-corrected chi connectivity index (χ4v) is 12.6. The fourth-order valence-electron chi connectivity index (χ4n) is 11.8. The molecule has 4 aliphatic heterocycles. The van der Waals surface area contributed by atoms with Gasteiger partial charge in [0.25, 0.3) is 5.97 Å². The van der Waals surface area contributed by atoms with Crippen LogP contribution in [0.15, 0.2) is 11.6 Å². The zero-order valence-electron chi connectivity index (χ0n) is 28.7. The average Bonchev–Trinajstić information content (AvgIpc) is 3.61. The van der Waals surface area contributed by atoms with Gasteiger partial charge in [0, 0.05) is 5.41 Å². The second-order valence-electron chi connectivity index (χ2n) is 17.2. The highest BCUT2D eigenvalue weighted by Gasteiger charge is 2.86. The Hall–Kier alpha value is -1.14. The summed E-state index contributed by atoms with van der Waals surface area (Å²) < 4.78 is 40.4. The van der Waals surface area contributed by atoms with Crippen molar-refractivity contribution in [3.8, 4) is 0 Å². The molecular formula is C35H53O9Si. The van der Waals surface area contributed by atoms with Gasteiger partial charge >= 0.3 is 11.9 Å². The molecule has 7 fully saturated rings. The normalized spacial score (nSPS) is 50.7. The van der Waals surface area contributed by atoms with Gasteiger partial charge in [0.15, 0.2) is 6.10 Å². The minimum atomic E-state index is -1.52.